The number of rotatable bonds is 4. The van der Waals surface area contributed by atoms with E-state index < -0.39 is 11.7 Å². The van der Waals surface area contributed by atoms with Gasteiger partial charge in [0, 0.05) is 16.6 Å². The van der Waals surface area contributed by atoms with Gasteiger partial charge in [-0.05, 0) is 29.8 Å². The van der Waals surface area contributed by atoms with Crippen molar-refractivity contribution >= 4 is 21.6 Å². The first-order chi connectivity index (χ1) is 9.88. The standard InChI is InChI=1S/C15H13BrF3NO/c16-11-5-6-14(12(9-11)15(17,18)19)21-8-7-10-3-1-2-4-13(10)20/h1-6,9H,7-8,20H2. The molecular weight excluding hydrogens is 347 g/mol. The molecule has 2 N–H and O–H groups in total. The first-order valence-electron chi connectivity index (χ1n) is 6.21. The first-order valence-corrected chi connectivity index (χ1v) is 7.00. The highest BCUT2D eigenvalue weighted by Crippen LogP contribution is 2.37. The van der Waals surface area contributed by atoms with Crippen molar-refractivity contribution in [3.8, 4) is 5.75 Å². The van der Waals surface area contributed by atoms with Crippen molar-refractivity contribution in [1.29, 1.82) is 0 Å². The molecule has 0 aliphatic rings. The van der Waals surface area contributed by atoms with E-state index in [1.54, 1.807) is 12.1 Å². The fourth-order valence-corrected chi connectivity index (χ4v) is 2.24. The predicted octanol–water partition coefficient (Wildman–Crippen LogP) is 4.67. The van der Waals surface area contributed by atoms with Crippen LogP contribution >= 0.6 is 15.9 Å². The van der Waals surface area contributed by atoms with E-state index in [1.807, 2.05) is 12.1 Å². The molecule has 6 heteroatoms. The molecular formula is C15H13BrF3NO. The van der Waals surface area contributed by atoms with Gasteiger partial charge in [-0.3, -0.25) is 0 Å². The van der Waals surface area contributed by atoms with Gasteiger partial charge in [0.05, 0.1) is 12.2 Å². The van der Waals surface area contributed by atoms with E-state index in [1.165, 1.54) is 12.1 Å². The van der Waals surface area contributed by atoms with Crippen molar-refractivity contribution in [2.45, 2.75) is 12.6 Å². The second-order valence-electron chi connectivity index (χ2n) is 4.44. The molecule has 0 atom stereocenters. The number of nitrogens with two attached hydrogens (primary N) is 1. The summed E-state index contributed by atoms with van der Waals surface area (Å²) in [5.41, 5.74) is 6.44. The van der Waals surface area contributed by atoms with Crippen LogP contribution in [0.4, 0.5) is 18.9 Å². The van der Waals surface area contributed by atoms with Crippen LogP contribution < -0.4 is 10.5 Å². The Hall–Kier alpha value is -1.69. The summed E-state index contributed by atoms with van der Waals surface area (Å²) < 4.78 is 44.4. The van der Waals surface area contributed by atoms with Crippen LogP contribution in [0, 0.1) is 0 Å². The molecule has 2 aromatic carbocycles. The van der Waals surface area contributed by atoms with Gasteiger partial charge in [-0.15, -0.1) is 0 Å². The number of alkyl halides is 3. The van der Waals surface area contributed by atoms with Crippen LogP contribution in [-0.4, -0.2) is 6.61 Å². The van der Waals surface area contributed by atoms with Crippen LogP contribution in [0.1, 0.15) is 11.1 Å². The van der Waals surface area contributed by atoms with Crippen LogP contribution in [0.2, 0.25) is 0 Å². The molecule has 0 fully saturated rings. The number of halogens is 4. The van der Waals surface area contributed by atoms with Gasteiger partial charge in [-0.2, -0.15) is 13.2 Å². The summed E-state index contributed by atoms with van der Waals surface area (Å²) in [6, 6.07) is 11.0. The maximum Gasteiger partial charge on any atom is 0.420 e. The Morgan fingerprint density at radius 3 is 2.48 bits per heavy atom. The smallest absolute Gasteiger partial charge is 0.420 e. The molecule has 2 rings (SSSR count). The first kappa shape index (κ1) is 15.7. The molecule has 0 amide bonds. The van der Waals surface area contributed by atoms with Gasteiger partial charge >= 0.3 is 6.18 Å². The van der Waals surface area contributed by atoms with Crippen molar-refractivity contribution in [3.05, 3.63) is 58.1 Å². The number of hydrogen-bond acceptors (Lipinski definition) is 2. The van der Waals surface area contributed by atoms with Gasteiger partial charge in [0.1, 0.15) is 5.75 Å². The Morgan fingerprint density at radius 2 is 1.81 bits per heavy atom. The normalized spacial score (nSPS) is 11.4. The zero-order valence-corrected chi connectivity index (χ0v) is 12.5. The van der Waals surface area contributed by atoms with Crippen LogP contribution in [0.3, 0.4) is 0 Å². The second-order valence-corrected chi connectivity index (χ2v) is 5.35. The fourth-order valence-electron chi connectivity index (χ4n) is 1.88. The molecule has 0 saturated carbocycles. The Bertz CT molecular complexity index is 629. The molecule has 0 aromatic heterocycles. The van der Waals surface area contributed by atoms with E-state index in [2.05, 4.69) is 15.9 Å². The summed E-state index contributed by atoms with van der Waals surface area (Å²) in [6.07, 6.45) is -4.01. The molecule has 112 valence electrons. The highest BCUT2D eigenvalue weighted by Gasteiger charge is 2.34. The Kier molecular flexibility index (Phi) is 4.77. The molecule has 21 heavy (non-hydrogen) atoms. The van der Waals surface area contributed by atoms with Crippen LogP contribution in [0.25, 0.3) is 0 Å². The summed E-state index contributed by atoms with van der Waals surface area (Å²) in [6.45, 7) is 0.124. The van der Waals surface area contributed by atoms with Gasteiger partial charge in [-0.25, -0.2) is 0 Å². The maximum absolute atomic E-state index is 12.9. The predicted molar refractivity (Wildman–Crippen MR) is 79.2 cm³/mol. The lowest BCUT2D eigenvalue weighted by atomic mass is 10.1. The molecule has 0 aliphatic heterocycles. The quantitative estimate of drug-likeness (QED) is 0.805. The lowest BCUT2D eigenvalue weighted by Gasteiger charge is -2.14. The average molecular weight is 360 g/mol. The third-order valence-corrected chi connectivity index (χ3v) is 3.42. The molecule has 0 heterocycles. The third kappa shape index (κ3) is 4.14. The Morgan fingerprint density at radius 1 is 1.10 bits per heavy atom. The van der Waals surface area contributed by atoms with E-state index in [4.69, 9.17) is 10.5 Å². The minimum absolute atomic E-state index is 0.124. The summed E-state index contributed by atoms with van der Waals surface area (Å²) >= 11 is 3.03. The topological polar surface area (TPSA) is 35.2 Å². The van der Waals surface area contributed by atoms with Crippen molar-refractivity contribution in [1.82, 2.24) is 0 Å². The Balaban J connectivity index is 2.09. The molecule has 2 aromatic rings. The van der Waals surface area contributed by atoms with E-state index in [0.29, 0.717) is 16.6 Å². The van der Waals surface area contributed by atoms with Crippen LogP contribution in [0.5, 0.6) is 5.75 Å². The van der Waals surface area contributed by atoms with E-state index in [9.17, 15) is 13.2 Å². The lowest BCUT2D eigenvalue weighted by Crippen LogP contribution is -2.10. The number of nitrogen functional groups attached to an aromatic ring is 1. The summed E-state index contributed by atoms with van der Waals surface area (Å²) in [4.78, 5) is 0. The second kappa shape index (κ2) is 6.39. The summed E-state index contributed by atoms with van der Waals surface area (Å²) in [7, 11) is 0. The van der Waals surface area contributed by atoms with E-state index >= 15 is 0 Å². The third-order valence-electron chi connectivity index (χ3n) is 2.93. The van der Waals surface area contributed by atoms with Crippen molar-refractivity contribution in [2.75, 3.05) is 12.3 Å². The zero-order chi connectivity index (χ0) is 15.5. The highest BCUT2D eigenvalue weighted by atomic mass is 79.9. The van der Waals surface area contributed by atoms with Crippen molar-refractivity contribution < 1.29 is 17.9 Å². The van der Waals surface area contributed by atoms with Gasteiger partial charge in [-0.1, -0.05) is 34.1 Å². The highest BCUT2D eigenvalue weighted by molar-refractivity contribution is 9.10. The minimum Gasteiger partial charge on any atom is -0.493 e. The molecule has 0 radical (unpaired) electrons. The van der Waals surface area contributed by atoms with Gasteiger partial charge in [0.2, 0.25) is 0 Å². The zero-order valence-electron chi connectivity index (χ0n) is 11.0. The molecule has 2 nitrogen and oxygen atoms in total. The van der Waals surface area contributed by atoms with Crippen molar-refractivity contribution in [2.24, 2.45) is 0 Å². The van der Waals surface area contributed by atoms with E-state index in [0.717, 1.165) is 11.6 Å². The molecule has 0 aliphatic carbocycles. The fraction of sp³-hybridized carbons (Fsp3) is 0.200. The van der Waals surface area contributed by atoms with Crippen LogP contribution in [0.15, 0.2) is 46.9 Å². The van der Waals surface area contributed by atoms with Gasteiger partial charge < -0.3 is 10.5 Å². The number of ether oxygens (including phenoxy) is 1. The lowest BCUT2D eigenvalue weighted by molar-refractivity contribution is -0.139. The van der Waals surface area contributed by atoms with Crippen molar-refractivity contribution in [3.63, 3.8) is 0 Å². The molecule has 0 saturated heterocycles. The largest absolute Gasteiger partial charge is 0.493 e. The van der Waals surface area contributed by atoms with Crippen LogP contribution in [-0.2, 0) is 12.6 Å². The average Bonchev–Trinajstić information content (AvgIpc) is 2.41. The summed E-state index contributed by atoms with van der Waals surface area (Å²) in [5.74, 6) is -0.180. The summed E-state index contributed by atoms with van der Waals surface area (Å²) in [5, 5.41) is 0. The molecule has 0 bridgehead atoms. The number of anilines is 1. The number of benzene rings is 2. The monoisotopic (exact) mass is 359 g/mol. The van der Waals surface area contributed by atoms with Gasteiger partial charge in [0.15, 0.2) is 0 Å². The SMILES string of the molecule is Nc1ccccc1CCOc1ccc(Br)cc1C(F)(F)F. The maximum atomic E-state index is 12.9. The Labute approximate surface area is 128 Å². The molecule has 0 spiro atoms. The van der Waals surface area contributed by atoms with Gasteiger partial charge in [0.25, 0.3) is 0 Å². The number of para-hydroxylation sites is 1. The minimum atomic E-state index is -4.45. The number of hydrogen-bond donors (Lipinski definition) is 1. The molecule has 0 unspecified atom stereocenters. The van der Waals surface area contributed by atoms with E-state index in [-0.39, 0.29) is 12.4 Å².